The summed E-state index contributed by atoms with van der Waals surface area (Å²) in [6.07, 6.45) is 1.02. The van der Waals surface area contributed by atoms with Crippen molar-refractivity contribution < 1.29 is 0 Å². The Morgan fingerprint density at radius 2 is 1.81 bits per heavy atom. The molecule has 0 bridgehead atoms. The Labute approximate surface area is 102 Å². The summed E-state index contributed by atoms with van der Waals surface area (Å²) < 4.78 is 0. The molecule has 2 heteroatoms. The van der Waals surface area contributed by atoms with Crippen molar-refractivity contribution in [2.45, 2.75) is 18.2 Å². The molecule has 2 aromatic rings. The molecule has 0 heterocycles. The number of rotatable bonds is 2. The quantitative estimate of drug-likeness (QED) is 0.594. The van der Waals surface area contributed by atoms with Gasteiger partial charge in [0.25, 0.3) is 0 Å². The third kappa shape index (κ3) is 2.07. The Morgan fingerprint density at radius 3 is 2.50 bits per heavy atom. The molecule has 82 valence electrons. The number of benzene rings is 2. The summed E-state index contributed by atoms with van der Waals surface area (Å²) in [4.78, 5) is 0.931. The Balaban J connectivity index is 2.58. The van der Waals surface area contributed by atoms with Crippen molar-refractivity contribution in [2.75, 3.05) is 5.73 Å². The first kappa shape index (κ1) is 11.1. The smallest absolute Gasteiger partial charge is 0.0325 e. The lowest BCUT2D eigenvalue weighted by Gasteiger charge is -2.10. The maximum atomic E-state index is 5.73. The van der Waals surface area contributed by atoms with Gasteiger partial charge in [0.2, 0.25) is 0 Å². The summed E-state index contributed by atoms with van der Waals surface area (Å²) >= 11 is 4.49. The van der Waals surface area contributed by atoms with E-state index in [0.717, 1.165) is 22.6 Å². The van der Waals surface area contributed by atoms with Gasteiger partial charge < -0.3 is 5.73 Å². The molecule has 0 amide bonds. The molecule has 16 heavy (non-hydrogen) atoms. The van der Waals surface area contributed by atoms with Crippen LogP contribution < -0.4 is 5.73 Å². The van der Waals surface area contributed by atoms with E-state index in [4.69, 9.17) is 5.73 Å². The van der Waals surface area contributed by atoms with Crippen LogP contribution >= 0.6 is 12.6 Å². The summed E-state index contributed by atoms with van der Waals surface area (Å²) in [6.45, 7) is 2.16. The van der Waals surface area contributed by atoms with Crippen molar-refractivity contribution in [1.29, 1.82) is 0 Å². The number of nitrogen functional groups attached to an aromatic ring is 1. The minimum absolute atomic E-state index is 0.753. The van der Waals surface area contributed by atoms with Gasteiger partial charge in [-0.25, -0.2) is 0 Å². The summed E-state index contributed by atoms with van der Waals surface area (Å²) in [5.74, 6) is 0. The Kier molecular flexibility index (Phi) is 3.20. The van der Waals surface area contributed by atoms with Gasteiger partial charge in [-0.3, -0.25) is 0 Å². The molecule has 0 fully saturated rings. The van der Waals surface area contributed by atoms with E-state index in [1.807, 2.05) is 18.2 Å². The highest BCUT2D eigenvalue weighted by Gasteiger charge is 2.06. The van der Waals surface area contributed by atoms with Crippen molar-refractivity contribution in [1.82, 2.24) is 0 Å². The van der Waals surface area contributed by atoms with E-state index in [-0.39, 0.29) is 0 Å². The van der Waals surface area contributed by atoms with Gasteiger partial charge >= 0.3 is 0 Å². The zero-order valence-corrected chi connectivity index (χ0v) is 10.2. The summed E-state index contributed by atoms with van der Waals surface area (Å²) in [7, 11) is 0. The fraction of sp³-hybridized carbons (Fsp3) is 0.143. The van der Waals surface area contributed by atoms with Gasteiger partial charge in [-0.2, -0.15) is 0 Å². The average molecular weight is 229 g/mol. The van der Waals surface area contributed by atoms with Gasteiger partial charge in [0, 0.05) is 10.6 Å². The third-order valence-electron chi connectivity index (χ3n) is 2.71. The van der Waals surface area contributed by atoms with Crippen molar-refractivity contribution >= 4 is 18.3 Å². The summed E-state index contributed by atoms with van der Waals surface area (Å²) in [5.41, 5.74) is 10.2. The number of nitrogens with two attached hydrogens (primary N) is 1. The molecule has 2 aromatic carbocycles. The zero-order valence-electron chi connectivity index (χ0n) is 9.27. The predicted octanol–water partition coefficient (Wildman–Crippen LogP) is 3.79. The van der Waals surface area contributed by atoms with E-state index in [2.05, 4.69) is 43.8 Å². The average Bonchev–Trinajstić information content (AvgIpc) is 2.29. The van der Waals surface area contributed by atoms with Gasteiger partial charge in [-0.1, -0.05) is 37.3 Å². The topological polar surface area (TPSA) is 26.0 Å². The summed E-state index contributed by atoms with van der Waals surface area (Å²) in [6, 6.07) is 14.2. The molecule has 0 aliphatic heterocycles. The fourth-order valence-electron chi connectivity index (χ4n) is 1.87. The molecule has 0 saturated carbocycles. The van der Waals surface area contributed by atoms with Crippen LogP contribution in [-0.2, 0) is 6.42 Å². The van der Waals surface area contributed by atoms with Crippen LogP contribution in [0.25, 0.3) is 11.1 Å². The third-order valence-corrected chi connectivity index (χ3v) is 3.08. The van der Waals surface area contributed by atoms with Crippen molar-refractivity contribution in [2.24, 2.45) is 0 Å². The number of thiol groups is 1. The molecule has 0 aliphatic carbocycles. The van der Waals surface area contributed by atoms with E-state index < -0.39 is 0 Å². The first-order chi connectivity index (χ1) is 7.72. The first-order valence-corrected chi connectivity index (χ1v) is 5.84. The molecule has 2 rings (SSSR count). The number of hydrogen-bond donors (Lipinski definition) is 2. The van der Waals surface area contributed by atoms with Crippen LogP contribution in [0.15, 0.2) is 47.4 Å². The highest BCUT2D eigenvalue weighted by atomic mass is 32.1. The molecule has 0 saturated heterocycles. The van der Waals surface area contributed by atoms with Gasteiger partial charge in [0.05, 0.1) is 0 Å². The lowest BCUT2D eigenvalue weighted by Crippen LogP contribution is -1.90. The van der Waals surface area contributed by atoms with E-state index in [1.54, 1.807) is 0 Å². The van der Waals surface area contributed by atoms with Crippen molar-refractivity contribution in [3.63, 3.8) is 0 Å². The first-order valence-electron chi connectivity index (χ1n) is 5.39. The molecule has 1 nitrogen and oxygen atoms in total. The lowest BCUT2D eigenvalue weighted by molar-refractivity contribution is 1.14. The number of aryl methyl sites for hydroxylation is 1. The minimum Gasteiger partial charge on any atom is -0.399 e. The zero-order chi connectivity index (χ0) is 11.5. The Morgan fingerprint density at radius 1 is 1.06 bits per heavy atom. The van der Waals surface area contributed by atoms with Crippen LogP contribution in [0.2, 0.25) is 0 Å². The highest BCUT2D eigenvalue weighted by Crippen LogP contribution is 2.30. The molecule has 2 N–H and O–H groups in total. The fourth-order valence-corrected chi connectivity index (χ4v) is 2.21. The molecule has 0 radical (unpaired) electrons. The molecular formula is C14H15NS. The Hall–Kier alpha value is -1.41. The van der Waals surface area contributed by atoms with E-state index in [1.165, 1.54) is 11.1 Å². The standard InChI is InChI=1S/C14H15NS/c1-2-10-5-3-4-6-12(10)13-8-7-11(15)9-14(13)16/h3-9,16H,2,15H2,1H3. The van der Waals surface area contributed by atoms with E-state index >= 15 is 0 Å². The highest BCUT2D eigenvalue weighted by molar-refractivity contribution is 7.80. The van der Waals surface area contributed by atoms with Crippen molar-refractivity contribution in [3.8, 4) is 11.1 Å². The van der Waals surface area contributed by atoms with Crippen LogP contribution in [0, 0.1) is 0 Å². The SMILES string of the molecule is CCc1ccccc1-c1ccc(N)cc1S. The van der Waals surface area contributed by atoms with E-state index in [0.29, 0.717) is 0 Å². The van der Waals surface area contributed by atoms with Gasteiger partial charge in [-0.05, 0) is 35.2 Å². The van der Waals surface area contributed by atoms with Crippen LogP contribution in [0.4, 0.5) is 5.69 Å². The monoisotopic (exact) mass is 229 g/mol. The predicted molar refractivity (Wildman–Crippen MR) is 72.9 cm³/mol. The van der Waals surface area contributed by atoms with Crippen LogP contribution in [0.1, 0.15) is 12.5 Å². The molecule has 0 atom stereocenters. The van der Waals surface area contributed by atoms with Gasteiger partial charge in [0.1, 0.15) is 0 Å². The second-order valence-electron chi connectivity index (χ2n) is 3.79. The minimum atomic E-state index is 0.753. The normalized spacial score (nSPS) is 10.4. The van der Waals surface area contributed by atoms with Gasteiger partial charge in [-0.15, -0.1) is 12.6 Å². The van der Waals surface area contributed by atoms with Crippen LogP contribution in [0.5, 0.6) is 0 Å². The number of hydrogen-bond acceptors (Lipinski definition) is 2. The maximum Gasteiger partial charge on any atom is 0.0325 e. The Bertz CT molecular complexity index is 506. The molecule has 0 spiro atoms. The maximum absolute atomic E-state index is 5.73. The molecular weight excluding hydrogens is 214 g/mol. The van der Waals surface area contributed by atoms with Gasteiger partial charge in [0.15, 0.2) is 0 Å². The van der Waals surface area contributed by atoms with Crippen LogP contribution in [0.3, 0.4) is 0 Å². The summed E-state index contributed by atoms with van der Waals surface area (Å²) in [5, 5.41) is 0. The second kappa shape index (κ2) is 4.62. The van der Waals surface area contributed by atoms with Crippen LogP contribution in [-0.4, -0.2) is 0 Å². The largest absolute Gasteiger partial charge is 0.399 e. The molecule has 0 aliphatic rings. The second-order valence-corrected chi connectivity index (χ2v) is 4.27. The molecule has 0 aromatic heterocycles. The lowest BCUT2D eigenvalue weighted by atomic mass is 9.98. The van der Waals surface area contributed by atoms with Crippen molar-refractivity contribution in [3.05, 3.63) is 48.0 Å². The molecule has 0 unspecified atom stereocenters. The number of anilines is 1. The van der Waals surface area contributed by atoms with E-state index in [9.17, 15) is 0 Å².